The first kappa shape index (κ1) is 29.6. The van der Waals surface area contributed by atoms with Crippen LogP contribution in [0.5, 0.6) is 0 Å². The smallest absolute Gasteiger partial charge is 0.270 e. The molecular formula is C30H36F4N6O3. The lowest BCUT2D eigenvalue weighted by molar-refractivity contribution is -0.167. The summed E-state index contributed by atoms with van der Waals surface area (Å²) in [7, 11) is 0. The Balaban J connectivity index is 1.19. The molecular weight excluding hydrogens is 568 g/mol. The fourth-order valence-electron chi connectivity index (χ4n) is 6.02. The van der Waals surface area contributed by atoms with Crippen molar-refractivity contribution in [2.75, 3.05) is 6.61 Å². The minimum atomic E-state index is -2.74. The Morgan fingerprint density at radius 1 is 1.07 bits per heavy atom. The number of hydrogen-bond donors (Lipinski definition) is 3. The summed E-state index contributed by atoms with van der Waals surface area (Å²) in [6, 6.07) is 6.14. The molecule has 1 aromatic carbocycles. The number of aromatic amines is 1. The highest BCUT2D eigenvalue weighted by molar-refractivity contribution is 5.92. The Labute approximate surface area is 246 Å². The zero-order valence-corrected chi connectivity index (χ0v) is 24.1. The predicted molar refractivity (Wildman–Crippen MR) is 149 cm³/mol. The van der Waals surface area contributed by atoms with Gasteiger partial charge in [-0.1, -0.05) is 6.07 Å². The van der Waals surface area contributed by atoms with Crippen LogP contribution in [-0.2, 0) is 9.53 Å². The maximum absolute atomic E-state index is 13.4. The van der Waals surface area contributed by atoms with E-state index in [-0.39, 0.29) is 68.5 Å². The number of halogens is 4. The van der Waals surface area contributed by atoms with Crippen molar-refractivity contribution in [3.05, 3.63) is 47.5 Å². The molecule has 9 nitrogen and oxygen atoms in total. The molecule has 2 atom stereocenters. The van der Waals surface area contributed by atoms with E-state index in [0.29, 0.717) is 22.6 Å². The molecule has 0 aliphatic heterocycles. The van der Waals surface area contributed by atoms with Crippen molar-refractivity contribution < 1.29 is 31.9 Å². The van der Waals surface area contributed by atoms with Gasteiger partial charge in [-0.2, -0.15) is 5.10 Å². The van der Waals surface area contributed by atoms with E-state index >= 15 is 0 Å². The third-order valence-electron chi connectivity index (χ3n) is 8.52. The topological polar surface area (TPSA) is 114 Å². The Bertz CT molecular complexity index is 1480. The van der Waals surface area contributed by atoms with Crippen molar-refractivity contribution in [1.82, 2.24) is 30.4 Å². The van der Waals surface area contributed by atoms with Gasteiger partial charge in [-0.25, -0.2) is 22.5 Å². The normalized spacial score (nSPS) is 21.3. The van der Waals surface area contributed by atoms with E-state index in [1.165, 1.54) is 6.20 Å². The summed E-state index contributed by atoms with van der Waals surface area (Å²) < 4.78 is 60.6. The van der Waals surface area contributed by atoms with Crippen molar-refractivity contribution in [1.29, 1.82) is 0 Å². The molecule has 43 heavy (non-hydrogen) atoms. The van der Waals surface area contributed by atoms with Crippen LogP contribution in [0.15, 0.2) is 30.5 Å². The maximum Gasteiger partial charge on any atom is 0.270 e. The van der Waals surface area contributed by atoms with E-state index in [2.05, 4.69) is 25.7 Å². The maximum atomic E-state index is 13.4. The number of carbonyl (C=O) groups excluding carboxylic acids is 2. The van der Waals surface area contributed by atoms with Crippen molar-refractivity contribution in [3.63, 3.8) is 0 Å². The molecule has 2 amide bonds. The zero-order valence-electron chi connectivity index (χ0n) is 24.1. The van der Waals surface area contributed by atoms with Crippen LogP contribution in [0, 0.1) is 11.8 Å². The lowest BCUT2D eigenvalue weighted by Gasteiger charge is -2.35. The first-order valence-corrected chi connectivity index (χ1v) is 14.9. The molecule has 3 aliphatic carbocycles. The lowest BCUT2D eigenvalue weighted by atomic mass is 9.79. The van der Waals surface area contributed by atoms with Crippen molar-refractivity contribution in [2.45, 2.75) is 94.9 Å². The molecule has 3 aromatic rings. The summed E-state index contributed by atoms with van der Waals surface area (Å²) in [5.41, 5.74) is 2.51. The van der Waals surface area contributed by atoms with Crippen molar-refractivity contribution in [2.24, 2.45) is 11.8 Å². The van der Waals surface area contributed by atoms with E-state index in [0.717, 1.165) is 18.4 Å². The molecule has 2 aromatic heterocycles. The number of ether oxygens (including phenoxy) is 1. The molecule has 3 aliphatic rings. The van der Waals surface area contributed by atoms with Crippen LogP contribution >= 0.6 is 0 Å². The first-order valence-electron chi connectivity index (χ1n) is 14.9. The highest BCUT2D eigenvalue weighted by atomic mass is 19.3. The van der Waals surface area contributed by atoms with Gasteiger partial charge in [0.25, 0.3) is 11.8 Å². The van der Waals surface area contributed by atoms with Crippen LogP contribution in [-0.4, -0.2) is 56.1 Å². The number of hydrogen-bond acceptors (Lipinski definition) is 5. The second-order valence-corrected chi connectivity index (χ2v) is 12.6. The Hall–Kier alpha value is -3.48. The van der Waals surface area contributed by atoms with E-state index < -0.39 is 29.9 Å². The van der Waals surface area contributed by atoms with Gasteiger partial charge in [0.05, 0.1) is 29.8 Å². The SMILES string of the molecule is CC(C)n1nccc1C(=O)NC(COC1CC(F)(F)C1)c1nc2ccc(C(NC(=O)CC3CC(F)(F)C3)C3CC3)cc2[nH]1. The highest BCUT2D eigenvalue weighted by Crippen LogP contribution is 2.45. The molecule has 0 spiro atoms. The number of aromatic nitrogens is 4. The number of amides is 2. The Morgan fingerprint density at radius 2 is 1.79 bits per heavy atom. The van der Waals surface area contributed by atoms with Gasteiger partial charge in [-0.15, -0.1) is 0 Å². The highest BCUT2D eigenvalue weighted by Gasteiger charge is 2.47. The van der Waals surface area contributed by atoms with Crippen LogP contribution in [0.1, 0.15) is 98.8 Å². The monoisotopic (exact) mass is 604 g/mol. The van der Waals surface area contributed by atoms with Crippen LogP contribution in [0.25, 0.3) is 11.0 Å². The van der Waals surface area contributed by atoms with Crippen molar-refractivity contribution >= 4 is 22.8 Å². The molecule has 0 radical (unpaired) electrons. The molecule has 3 saturated carbocycles. The van der Waals surface area contributed by atoms with E-state index in [1.807, 2.05) is 32.0 Å². The Kier molecular flexibility index (Phi) is 7.72. The number of alkyl halides is 4. The van der Waals surface area contributed by atoms with E-state index in [1.54, 1.807) is 10.7 Å². The molecule has 3 fully saturated rings. The number of fused-ring (bicyclic) bond motifs is 1. The summed E-state index contributed by atoms with van der Waals surface area (Å²) >= 11 is 0. The third-order valence-corrected chi connectivity index (χ3v) is 8.52. The third kappa shape index (κ3) is 6.71. The van der Waals surface area contributed by atoms with Gasteiger partial charge in [-0.05, 0) is 62.3 Å². The van der Waals surface area contributed by atoms with E-state index in [9.17, 15) is 27.2 Å². The summed E-state index contributed by atoms with van der Waals surface area (Å²) in [6.07, 6.45) is 1.69. The molecule has 13 heteroatoms. The lowest BCUT2D eigenvalue weighted by Crippen LogP contribution is -2.43. The van der Waals surface area contributed by atoms with Gasteiger partial charge in [0.1, 0.15) is 17.6 Å². The number of nitrogens with one attached hydrogen (secondary N) is 3. The van der Waals surface area contributed by atoms with Gasteiger partial charge >= 0.3 is 0 Å². The summed E-state index contributed by atoms with van der Waals surface area (Å²) in [4.78, 5) is 33.9. The van der Waals surface area contributed by atoms with Crippen LogP contribution in [0.4, 0.5) is 17.6 Å². The molecule has 0 bridgehead atoms. The van der Waals surface area contributed by atoms with Gasteiger partial charge in [0.2, 0.25) is 11.8 Å². The van der Waals surface area contributed by atoms with Crippen molar-refractivity contribution in [3.8, 4) is 0 Å². The standard InChI is InChI=1S/C30H36F4N6O3/c1-16(2)40-24(7-8-35-40)28(42)38-23(15-43-20-13-30(33,34)14-20)27-36-21-6-5-19(10-22(21)37-27)26(18-3-4-18)39-25(41)9-17-11-29(31,32)12-17/h5-8,10,16-18,20,23,26H,3-4,9,11-15H2,1-2H3,(H,36,37)(H,38,42)(H,39,41). The summed E-state index contributed by atoms with van der Waals surface area (Å²) in [5.74, 6) is -5.67. The quantitative estimate of drug-likeness (QED) is 0.232. The number of benzene rings is 1. The summed E-state index contributed by atoms with van der Waals surface area (Å²) in [6.45, 7) is 3.75. The number of imidazole rings is 1. The fraction of sp³-hybridized carbons (Fsp3) is 0.600. The number of carbonyl (C=O) groups is 2. The average molecular weight is 605 g/mol. The second kappa shape index (κ2) is 11.2. The number of rotatable bonds is 12. The molecule has 0 saturated heterocycles. The first-order chi connectivity index (χ1) is 20.4. The van der Waals surface area contributed by atoms with Crippen LogP contribution in [0.2, 0.25) is 0 Å². The summed E-state index contributed by atoms with van der Waals surface area (Å²) in [5, 5.41) is 10.2. The zero-order chi connectivity index (χ0) is 30.5. The fourth-order valence-corrected chi connectivity index (χ4v) is 6.02. The second-order valence-electron chi connectivity index (χ2n) is 12.6. The molecule has 232 valence electrons. The van der Waals surface area contributed by atoms with E-state index in [4.69, 9.17) is 4.74 Å². The largest absolute Gasteiger partial charge is 0.375 e. The van der Waals surface area contributed by atoms with Crippen LogP contribution < -0.4 is 10.6 Å². The van der Waals surface area contributed by atoms with Gasteiger partial charge < -0.3 is 20.4 Å². The minimum absolute atomic E-state index is 0.0538. The molecule has 3 N–H and O–H groups in total. The Morgan fingerprint density at radius 3 is 2.44 bits per heavy atom. The van der Waals surface area contributed by atoms with Crippen LogP contribution in [0.3, 0.4) is 0 Å². The molecule has 2 unspecified atom stereocenters. The van der Waals surface area contributed by atoms with Gasteiger partial charge in [0, 0.05) is 44.3 Å². The van der Waals surface area contributed by atoms with Gasteiger partial charge in [0.15, 0.2) is 0 Å². The number of H-pyrrole nitrogens is 1. The minimum Gasteiger partial charge on any atom is -0.375 e. The average Bonchev–Trinajstić information content (AvgIpc) is 3.45. The van der Waals surface area contributed by atoms with Gasteiger partial charge in [-0.3, -0.25) is 14.3 Å². The predicted octanol–water partition coefficient (Wildman–Crippen LogP) is 5.63. The molecule has 2 heterocycles. The molecule has 6 rings (SSSR count). The number of nitrogens with zero attached hydrogens (tertiary/aromatic N) is 3.